The predicted octanol–water partition coefficient (Wildman–Crippen LogP) is 3.42. The molecular weight excluding hydrogens is 348 g/mol. The van der Waals surface area contributed by atoms with E-state index in [1.165, 1.54) is 22.4 Å². The minimum Gasteiger partial charge on any atom is -0.486 e. The number of nitrogens with one attached hydrogen (secondary N) is 1. The number of amides is 1. The van der Waals surface area contributed by atoms with Gasteiger partial charge < -0.3 is 14.5 Å². The smallest absolute Gasteiger partial charge is 0.276 e. The molecule has 2 aromatic rings. The minimum atomic E-state index is -0.134. The minimum absolute atomic E-state index is 0.134. The fourth-order valence-electron chi connectivity index (χ4n) is 3.34. The SMILES string of the molecule is CCN1C(=O)/C(=C\c2ccc(COc3ccc4c(c3)CCC4)o2)NC1=S. The van der Waals surface area contributed by atoms with Crippen molar-refractivity contribution >= 4 is 29.3 Å². The van der Waals surface area contributed by atoms with Crippen LogP contribution in [-0.2, 0) is 24.2 Å². The second kappa shape index (κ2) is 6.96. The van der Waals surface area contributed by atoms with E-state index in [4.69, 9.17) is 21.4 Å². The second-order valence-corrected chi connectivity index (χ2v) is 6.80. The summed E-state index contributed by atoms with van der Waals surface area (Å²) in [6.07, 6.45) is 5.18. The highest BCUT2D eigenvalue weighted by Crippen LogP contribution is 2.26. The van der Waals surface area contributed by atoms with Crippen molar-refractivity contribution in [3.05, 3.63) is 58.7 Å². The molecule has 1 amide bonds. The van der Waals surface area contributed by atoms with Gasteiger partial charge in [-0.05, 0) is 73.8 Å². The molecule has 6 heteroatoms. The van der Waals surface area contributed by atoms with E-state index in [9.17, 15) is 4.79 Å². The molecule has 134 valence electrons. The van der Waals surface area contributed by atoms with Gasteiger partial charge in [-0.25, -0.2) is 0 Å². The normalized spacial score (nSPS) is 17.7. The third-order valence-corrected chi connectivity index (χ3v) is 5.02. The summed E-state index contributed by atoms with van der Waals surface area (Å²) in [7, 11) is 0. The number of rotatable bonds is 5. The van der Waals surface area contributed by atoms with Crippen LogP contribution in [0, 0.1) is 0 Å². The Labute approximate surface area is 157 Å². The van der Waals surface area contributed by atoms with Gasteiger partial charge in [0.05, 0.1) is 0 Å². The number of ether oxygens (including phenoxy) is 1. The number of fused-ring (bicyclic) bond motifs is 1. The highest BCUT2D eigenvalue weighted by molar-refractivity contribution is 7.80. The summed E-state index contributed by atoms with van der Waals surface area (Å²) in [5.41, 5.74) is 3.24. The Hall–Kier alpha value is -2.60. The summed E-state index contributed by atoms with van der Waals surface area (Å²) in [6.45, 7) is 2.78. The molecule has 26 heavy (non-hydrogen) atoms. The summed E-state index contributed by atoms with van der Waals surface area (Å²) >= 11 is 5.15. The molecule has 2 heterocycles. The lowest BCUT2D eigenvalue weighted by atomic mass is 10.1. The predicted molar refractivity (Wildman–Crippen MR) is 103 cm³/mol. The molecule has 1 aromatic heterocycles. The van der Waals surface area contributed by atoms with Crippen molar-refractivity contribution in [1.29, 1.82) is 0 Å². The van der Waals surface area contributed by atoms with Crippen molar-refractivity contribution < 1.29 is 13.9 Å². The van der Waals surface area contributed by atoms with Gasteiger partial charge in [0, 0.05) is 12.6 Å². The maximum atomic E-state index is 12.2. The van der Waals surface area contributed by atoms with Gasteiger partial charge in [-0.2, -0.15) is 0 Å². The third-order valence-electron chi connectivity index (χ3n) is 4.70. The molecule has 0 unspecified atom stereocenters. The van der Waals surface area contributed by atoms with E-state index in [0.717, 1.165) is 18.6 Å². The van der Waals surface area contributed by atoms with Gasteiger partial charge in [-0.15, -0.1) is 0 Å². The van der Waals surface area contributed by atoms with Gasteiger partial charge in [0.25, 0.3) is 5.91 Å². The van der Waals surface area contributed by atoms with E-state index in [0.29, 0.717) is 35.5 Å². The molecule has 0 atom stereocenters. The zero-order valence-corrected chi connectivity index (χ0v) is 15.4. The van der Waals surface area contributed by atoms with Crippen LogP contribution in [0.25, 0.3) is 6.08 Å². The molecule has 1 saturated heterocycles. The van der Waals surface area contributed by atoms with E-state index < -0.39 is 0 Å². The number of likely N-dealkylation sites (N-methyl/N-ethyl adjacent to an activating group) is 1. The van der Waals surface area contributed by atoms with Crippen LogP contribution in [0.4, 0.5) is 0 Å². The molecule has 4 rings (SSSR count). The first-order valence-electron chi connectivity index (χ1n) is 8.82. The average molecular weight is 368 g/mol. The van der Waals surface area contributed by atoms with Crippen LogP contribution in [0.2, 0.25) is 0 Å². The standard InChI is InChI=1S/C20H20N2O3S/c1-2-22-19(23)18(21-20(22)26)11-16-8-9-17(25-16)12-24-15-7-6-13-4-3-5-14(13)10-15/h6-11H,2-5,12H2,1H3,(H,21,26)/b18-11+. The van der Waals surface area contributed by atoms with Crippen molar-refractivity contribution in [3.8, 4) is 5.75 Å². The summed E-state index contributed by atoms with van der Waals surface area (Å²) in [6, 6.07) is 9.96. The number of aryl methyl sites for hydroxylation is 2. The lowest BCUT2D eigenvalue weighted by molar-refractivity contribution is -0.122. The molecule has 0 spiro atoms. The molecule has 0 saturated carbocycles. The maximum Gasteiger partial charge on any atom is 0.276 e. The van der Waals surface area contributed by atoms with Crippen LogP contribution < -0.4 is 10.1 Å². The monoisotopic (exact) mass is 368 g/mol. The maximum absolute atomic E-state index is 12.2. The van der Waals surface area contributed by atoms with E-state index >= 15 is 0 Å². The highest BCUT2D eigenvalue weighted by atomic mass is 32.1. The van der Waals surface area contributed by atoms with Crippen LogP contribution in [0.5, 0.6) is 5.75 Å². The van der Waals surface area contributed by atoms with Crippen LogP contribution in [0.15, 0.2) is 40.4 Å². The van der Waals surface area contributed by atoms with Gasteiger partial charge in [0.15, 0.2) is 5.11 Å². The molecule has 1 aliphatic heterocycles. The number of furan rings is 1. The van der Waals surface area contributed by atoms with Gasteiger partial charge in [0.2, 0.25) is 0 Å². The lowest BCUT2D eigenvalue weighted by Gasteiger charge is -2.08. The van der Waals surface area contributed by atoms with Crippen LogP contribution in [0.3, 0.4) is 0 Å². The average Bonchev–Trinajstić information content (AvgIpc) is 3.33. The molecule has 0 bridgehead atoms. The molecule has 1 aliphatic carbocycles. The fourth-order valence-corrected chi connectivity index (χ4v) is 3.67. The first-order chi connectivity index (χ1) is 12.6. The molecule has 5 nitrogen and oxygen atoms in total. The quantitative estimate of drug-likeness (QED) is 0.647. The first kappa shape index (κ1) is 16.8. The Bertz CT molecular complexity index is 900. The summed E-state index contributed by atoms with van der Waals surface area (Å²) < 4.78 is 11.6. The number of benzene rings is 1. The number of carbonyl (C=O) groups excluding carboxylic acids is 1. The molecule has 1 fully saturated rings. The van der Waals surface area contributed by atoms with Crippen molar-refractivity contribution in [2.45, 2.75) is 32.8 Å². The van der Waals surface area contributed by atoms with Gasteiger partial charge in [0.1, 0.15) is 29.6 Å². The third kappa shape index (κ3) is 3.24. The van der Waals surface area contributed by atoms with Crippen molar-refractivity contribution in [3.63, 3.8) is 0 Å². The van der Waals surface area contributed by atoms with Crippen LogP contribution in [-0.4, -0.2) is 22.5 Å². The Morgan fingerprint density at radius 2 is 2.12 bits per heavy atom. The number of carbonyl (C=O) groups is 1. The molecule has 1 aromatic carbocycles. The number of hydrogen-bond acceptors (Lipinski definition) is 4. The Kier molecular flexibility index (Phi) is 4.51. The zero-order chi connectivity index (χ0) is 18.1. The molecule has 2 aliphatic rings. The number of hydrogen-bond donors (Lipinski definition) is 1. The zero-order valence-electron chi connectivity index (χ0n) is 14.6. The highest BCUT2D eigenvalue weighted by Gasteiger charge is 2.29. The van der Waals surface area contributed by atoms with E-state index in [2.05, 4.69) is 17.4 Å². The summed E-state index contributed by atoms with van der Waals surface area (Å²) in [5.74, 6) is 2.02. The first-order valence-corrected chi connectivity index (χ1v) is 9.22. The van der Waals surface area contributed by atoms with Crippen LogP contribution >= 0.6 is 12.2 Å². The largest absolute Gasteiger partial charge is 0.486 e. The molecular formula is C20H20N2O3S. The van der Waals surface area contributed by atoms with Gasteiger partial charge >= 0.3 is 0 Å². The van der Waals surface area contributed by atoms with Crippen LogP contribution in [0.1, 0.15) is 36.0 Å². The van der Waals surface area contributed by atoms with Gasteiger partial charge in [-0.1, -0.05) is 6.07 Å². The topological polar surface area (TPSA) is 54.7 Å². The number of thiocarbonyl (C=S) groups is 1. The number of nitrogens with zero attached hydrogens (tertiary/aromatic N) is 1. The Balaban J connectivity index is 1.41. The summed E-state index contributed by atoms with van der Waals surface area (Å²) in [5, 5.41) is 3.35. The van der Waals surface area contributed by atoms with Crippen molar-refractivity contribution in [2.24, 2.45) is 0 Å². The van der Waals surface area contributed by atoms with Crippen molar-refractivity contribution in [1.82, 2.24) is 10.2 Å². The van der Waals surface area contributed by atoms with Crippen molar-refractivity contribution in [2.75, 3.05) is 6.54 Å². The fraction of sp³-hybridized carbons (Fsp3) is 0.300. The lowest BCUT2D eigenvalue weighted by Crippen LogP contribution is -2.30. The van der Waals surface area contributed by atoms with E-state index in [1.807, 2.05) is 25.1 Å². The molecule has 1 N–H and O–H groups in total. The van der Waals surface area contributed by atoms with Gasteiger partial charge in [-0.3, -0.25) is 9.69 Å². The molecule has 0 radical (unpaired) electrons. The second-order valence-electron chi connectivity index (χ2n) is 6.41. The summed E-state index contributed by atoms with van der Waals surface area (Å²) in [4.78, 5) is 13.7. The Morgan fingerprint density at radius 1 is 1.27 bits per heavy atom. The Morgan fingerprint density at radius 3 is 2.92 bits per heavy atom. The van der Waals surface area contributed by atoms with E-state index in [-0.39, 0.29) is 5.91 Å². The van der Waals surface area contributed by atoms with E-state index in [1.54, 1.807) is 6.08 Å².